The van der Waals surface area contributed by atoms with Crippen LogP contribution in [0.25, 0.3) is 0 Å². The molecule has 0 spiro atoms. The Kier molecular flexibility index (Phi) is 7.71. The molecule has 0 bridgehead atoms. The van der Waals surface area contributed by atoms with Crippen LogP contribution in [0.2, 0.25) is 0 Å². The van der Waals surface area contributed by atoms with Crippen LogP contribution >= 0.6 is 0 Å². The molecule has 1 aromatic rings. The van der Waals surface area contributed by atoms with Gasteiger partial charge in [-0.15, -0.1) is 0 Å². The summed E-state index contributed by atoms with van der Waals surface area (Å²) >= 11 is 0. The smallest absolute Gasteiger partial charge is 0.319 e. The number of carbonyl (C=O) groups excluding carboxylic acids is 2. The fourth-order valence-corrected chi connectivity index (χ4v) is 4.13. The number of piperidine rings is 1. The third kappa shape index (κ3) is 6.23. The van der Waals surface area contributed by atoms with Gasteiger partial charge in [-0.1, -0.05) is 6.92 Å². The summed E-state index contributed by atoms with van der Waals surface area (Å²) in [6.45, 7) is 8.25. The van der Waals surface area contributed by atoms with Crippen molar-refractivity contribution < 1.29 is 9.59 Å². The lowest BCUT2D eigenvalue weighted by Crippen LogP contribution is -2.35. The van der Waals surface area contributed by atoms with Gasteiger partial charge in [0, 0.05) is 37.4 Å². The van der Waals surface area contributed by atoms with Gasteiger partial charge in [0.05, 0.1) is 0 Å². The van der Waals surface area contributed by atoms with E-state index in [0.29, 0.717) is 17.8 Å². The lowest BCUT2D eigenvalue weighted by atomic mass is 10.0. The van der Waals surface area contributed by atoms with E-state index in [-0.39, 0.29) is 11.9 Å². The zero-order chi connectivity index (χ0) is 19.8. The van der Waals surface area contributed by atoms with Crippen molar-refractivity contribution in [3.05, 3.63) is 29.8 Å². The van der Waals surface area contributed by atoms with Gasteiger partial charge < -0.3 is 20.4 Å². The number of unbranched alkanes of at least 4 members (excludes halogenated alkanes) is 1. The molecule has 6 heteroatoms. The average Bonchev–Trinajstić information content (AvgIpc) is 3.23. The summed E-state index contributed by atoms with van der Waals surface area (Å²) in [5.74, 6) is 0.895. The van der Waals surface area contributed by atoms with Gasteiger partial charge in [-0.3, -0.25) is 4.79 Å². The molecule has 0 unspecified atom stereocenters. The summed E-state index contributed by atoms with van der Waals surface area (Å²) in [7, 11) is 0. The maximum absolute atomic E-state index is 12.3. The molecule has 2 aliphatic heterocycles. The maximum Gasteiger partial charge on any atom is 0.319 e. The molecule has 2 N–H and O–H groups in total. The van der Waals surface area contributed by atoms with E-state index >= 15 is 0 Å². The van der Waals surface area contributed by atoms with Crippen LogP contribution in [-0.2, 0) is 0 Å². The normalized spacial score (nSPS) is 20.2. The summed E-state index contributed by atoms with van der Waals surface area (Å²) in [6, 6.07) is 6.97. The minimum Gasteiger partial charge on any atom is -0.339 e. The Morgan fingerprint density at radius 3 is 2.50 bits per heavy atom. The number of carbonyl (C=O) groups is 2. The molecule has 28 heavy (non-hydrogen) atoms. The first-order chi connectivity index (χ1) is 13.6. The highest BCUT2D eigenvalue weighted by molar-refractivity contribution is 5.95. The van der Waals surface area contributed by atoms with Gasteiger partial charge in [0.1, 0.15) is 0 Å². The van der Waals surface area contributed by atoms with Crippen LogP contribution in [0, 0.1) is 5.92 Å². The fraction of sp³-hybridized carbons (Fsp3) is 0.636. The largest absolute Gasteiger partial charge is 0.339 e. The standard InChI is InChI=1S/C22H34N4O2/c1-18-7-6-14-25(17-18)13-3-2-12-23-22(28)24-20-10-8-19(9-11-20)21(27)26-15-4-5-16-26/h8-11,18H,2-7,12-17H2,1H3,(H2,23,24,28)/t18-/m1/s1. The summed E-state index contributed by atoms with van der Waals surface area (Å²) in [6.07, 6.45) is 6.93. The van der Waals surface area contributed by atoms with Gasteiger partial charge in [0.2, 0.25) is 0 Å². The van der Waals surface area contributed by atoms with Crippen molar-refractivity contribution >= 4 is 17.6 Å². The Hall–Kier alpha value is -2.08. The third-order valence-corrected chi connectivity index (χ3v) is 5.71. The lowest BCUT2D eigenvalue weighted by molar-refractivity contribution is 0.0793. The topological polar surface area (TPSA) is 64.7 Å². The van der Waals surface area contributed by atoms with Crippen molar-refractivity contribution in [3.63, 3.8) is 0 Å². The van der Waals surface area contributed by atoms with Gasteiger partial charge in [-0.2, -0.15) is 0 Å². The molecular formula is C22H34N4O2. The van der Waals surface area contributed by atoms with Crippen LogP contribution in [0.1, 0.15) is 55.8 Å². The second-order valence-corrected chi connectivity index (χ2v) is 8.21. The van der Waals surface area contributed by atoms with Crippen LogP contribution in [-0.4, -0.2) is 61.0 Å². The Bertz CT molecular complexity index is 640. The molecule has 2 saturated heterocycles. The molecule has 3 amide bonds. The van der Waals surface area contributed by atoms with Crippen LogP contribution in [0.3, 0.4) is 0 Å². The van der Waals surface area contributed by atoms with Crippen LogP contribution in [0.15, 0.2) is 24.3 Å². The van der Waals surface area contributed by atoms with Gasteiger partial charge >= 0.3 is 6.03 Å². The van der Waals surface area contributed by atoms with Crippen molar-refractivity contribution in [1.29, 1.82) is 0 Å². The predicted molar refractivity (Wildman–Crippen MR) is 113 cm³/mol. The van der Waals surface area contributed by atoms with E-state index in [4.69, 9.17) is 0 Å². The number of nitrogens with one attached hydrogen (secondary N) is 2. The minimum atomic E-state index is -0.190. The number of nitrogens with zero attached hydrogens (tertiary/aromatic N) is 2. The Balaban J connectivity index is 1.31. The van der Waals surface area contributed by atoms with Crippen LogP contribution in [0.4, 0.5) is 10.5 Å². The molecule has 6 nitrogen and oxygen atoms in total. The third-order valence-electron chi connectivity index (χ3n) is 5.71. The molecule has 2 fully saturated rings. The Morgan fingerprint density at radius 2 is 1.79 bits per heavy atom. The number of hydrogen-bond donors (Lipinski definition) is 2. The number of likely N-dealkylation sites (tertiary alicyclic amines) is 2. The molecule has 0 saturated carbocycles. The van der Waals surface area contributed by atoms with E-state index in [1.165, 1.54) is 25.9 Å². The summed E-state index contributed by atoms with van der Waals surface area (Å²) in [5, 5.41) is 5.75. The first-order valence-electron chi connectivity index (χ1n) is 10.8. The lowest BCUT2D eigenvalue weighted by Gasteiger charge is -2.30. The highest BCUT2D eigenvalue weighted by Gasteiger charge is 2.19. The van der Waals surface area contributed by atoms with E-state index in [2.05, 4.69) is 22.5 Å². The van der Waals surface area contributed by atoms with Crippen molar-refractivity contribution in [2.45, 2.75) is 45.4 Å². The molecular weight excluding hydrogens is 352 g/mol. The van der Waals surface area contributed by atoms with E-state index in [9.17, 15) is 9.59 Å². The fourth-order valence-electron chi connectivity index (χ4n) is 4.13. The number of benzene rings is 1. The summed E-state index contributed by atoms with van der Waals surface area (Å²) < 4.78 is 0. The van der Waals surface area contributed by atoms with E-state index in [1.807, 2.05) is 4.90 Å². The maximum atomic E-state index is 12.3. The number of anilines is 1. The van der Waals surface area contributed by atoms with Crippen molar-refractivity contribution in [2.75, 3.05) is 44.6 Å². The highest BCUT2D eigenvalue weighted by Crippen LogP contribution is 2.16. The molecule has 1 atom stereocenters. The Labute approximate surface area is 168 Å². The SMILES string of the molecule is C[C@@H]1CCCN(CCCCNC(=O)Nc2ccc(C(=O)N3CCCC3)cc2)C1. The molecule has 0 aliphatic carbocycles. The van der Waals surface area contributed by atoms with Gasteiger partial charge in [-0.25, -0.2) is 4.79 Å². The molecule has 2 heterocycles. The number of rotatable bonds is 7. The molecule has 0 aromatic heterocycles. The van der Waals surface area contributed by atoms with Crippen LogP contribution < -0.4 is 10.6 Å². The van der Waals surface area contributed by atoms with Crippen molar-refractivity contribution in [2.24, 2.45) is 5.92 Å². The first kappa shape index (κ1) is 20.6. The average molecular weight is 387 g/mol. The number of amides is 3. The monoisotopic (exact) mass is 386 g/mol. The zero-order valence-electron chi connectivity index (χ0n) is 17.1. The van der Waals surface area contributed by atoms with E-state index in [0.717, 1.165) is 51.2 Å². The quantitative estimate of drug-likeness (QED) is 0.704. The molecule has 2 aliphatic rings. The Morgan fingerprint density at radius 1 is 1.04 bits per heavy atom. The second-order valence-electron chi connectivity index (χ2n) is 8.21. The zero-order valence-corrected chi connectivity index (χ0v) is 17.1. The molecule has 1 aromatic carbocycles. The number of hydrogen-bond acceptors (Lipinski definition) is 3. The van der Waals surface area contributed by atoms with Crippen molar-refractivity contribution in [3.8, 4) is 0 Å². The molecule has 0 radical (unpaired) electrons. The van der Waals surface area contributed by atoms with Crippen LogP contribution in [0.5, 0.6) is 0 Å². The summed E-state index contributed by atoms with van der Waals surface area (Å²) in [5.41, 5.74) is 1.39. The van der Waals surface area contributed by atoms with E-state index in [1.54, 1.807) is 24.3 Å². The summed E-state index contributed by atoms with van der Waals surface area (Å²) in [4.78, 5) is 28.8. The van der Waals surface area contributed by atoms with Crippen molar-refractivity contribution in [1.82, 2.24) is 15.1 Å². The minimum absolute atomic E-state index is 0.0802. The van der Waals surface area contributed by atoms with Gasteiger partial charge in [-0.05, 0) is 81.8 Å². The molecule has 154 valence electrons. The second kappa shape index (κ2) is 10.5. The first-order valence-corrected chi connectivity index (χ1v) is 10.8. The highest BCUT2D eigenvalue weighted by atomic mass is 16.2. The van der Waals surface area contributed by atoms with E-state index < -0.39 is 0 Å². The number of urea groups is 1. The van der Waals surface area contributed by atoms with Gasteiger partial charge in [0.25, 0.3) is 5.91 Å². The molecule has 3 rings (SSSR count). The predicted octanol–water partition coefficient (Wildman–Crippen LogP) is 3.56. The van der Waals surface area contributed by atoms with Gasteiger partial charge in [0.15, 0.2) is 0 Å².